The molecule has 1 N–H and O–H groups in total. The summed E-state index contributed by atoms with van der Waals surface area (Å²) in [6.45, 7) is 2.52. The van der Waals surface area contributed by atoms with E-state index in [-0.39, 0.29) is 24.3 Å². The lowest BCUT2D eigenvalue weighted by Crippen LogP contribution is -2.38. The number of likely N-dealkylation sites (tertiary alicyclic amines) is 1. The van der Waals surface area contributed by atoms with E-state index >= 15 is 0 Å². The Morgan fingerprint density at radius 1 is 1.28 bits per heavy atom. The van der Waals surface area contributed by atoms with Crippen molar-refractivity contribution >= 4 is 17.8 Å². The Hall–Kier alpha value is -2.37. The van der Waals surface area contributed by atoms with Crippen LogP contribution >= 0.6 is 0 Å². The topological polar surface area (TPSA) is 75.7 Å². The van der Waals surface area contributed by atoms with Gasteiger partial charge in [0.1, 0.15) is 0 Å². The van der Waals surface area contributed by atoms with E-state index in [2.05, 4.69) is 5.32 Å². The van der Waals surface area contributed by atoms with Crippen LogP contribution in [0.5, 0.6) is 0 Å². The number of nitrogens with one attached hydrogen (secondary N) is 1. The van der Waals surface area contributed by atoms with E-state index < -0.39 is 18.0 Å². The Bertz CT molecular complexity index is 642. The summed E-state index contributed by atoms with van der Waals surface area (Å²) in [5, 5.41) is 2.81. The van der Waals surface area contributed by atoms with Gasteiger partial charge in [-0.25, -0.2) is 0 Å². The van der Waals surface area contributed by atoms with Crippen molar-refractivity contribution in [1.29, 1.82) is 0 Å². The van der Waals surface area contributed by atoms with E-state index in [1.807, 2.05) is 30.3 Å². The maximum Gasteiger partial charge on any atom is 0.312 e. The van der Waals surface area contributed by atoms with Gasteiger partial charge in [0.05, 0.1) is 5.92 Å². The summed E-state index contributed by atoms with van der Waals surface area (Å²) in [6, 6.07) is 10.2. The fourth-order valence-corrected chi connectivity index (χ4v) is 2.93. The molecule has 0 bridgehead atoms. The highest BCUT2D eigenvalue weighted by Crippen LogP contribution is 2.21. The maximum absolute atomic E-state index is 12.2. The van der Waals surface area contributed by atoms with Crippen LogP contribution in [0.2, 0.25) is 0 Å². The zero-order valence-electron chi connectivity index (χ0n) is 14.4. The van der Waals surface area contributed by atoms with Crippen LogP contribution in [0.1, 0.15) is 31.7 Å². The zero-order chi connectivity index (χ0) is 17.8. The van der Waals surface area contributed by atoms with Crippen molar-refractivity contribution in [2.75, 3.05) is 13.1 Å². The third-order valence-electron chi connectivity index (χ3n) is 4.65. The molecule has 2 atom stereocenters. The maximum atomic E-state index is 12.2. The molecule has 1 saturated carbocycles. The number of nitrogens with zero attached hydrogens (tertiary/aromatic N) is 1. The number of ether oxygens (including phenoxy) is 1. The molecule has 1 aromatic rings. The standard InChI is InChI=1S/C19H24N2O4/c1-13(18(23)20-16-7-8-16)25-19(24)15-11-17(22)21(12-15)10-9-14-5-3-2-4-6-14/h2-6,13,15-16H,7-12H2,1H3,(H,20,23)/t13-,15-/m0/s1. The molecule has 1 aromatic carbocycles. The molecule has 1 heterocycles. The smallest absolute Gasteiger partial charge is 0.312 e. The second kappa shape index (κ2) is 7.68. The molecule has 1 aliphatic carbocycles. The second-order valence-corrected chi connectivity index (χ2v) is 6.84. The zero-order valence-corrected chi connectivity index (χ0v) is 14.4. The third kappa shape index (κ3) is 4.81. The molecule has 25 heavy (non-hydrogen) atoms. The molecule has 2 fully saturated rings. The van der Waals surface area contributed by atoms with Crippen LogP contribution < -0.4 is 5.32 Å². The summed E-state index contributed by atoms with van der Waals surface area (Å²) in [5.41, 5.74) is 1.16. The van der Waals surface area contributed by atoms with Crippen LogP contribution in [-0.2, 0) is 25.5 Å². The van der Waals surface area contributed by atoms with Crippen LogP contribution in [0.3, 0.4) is 0 Å². The molecular weight excluding hydrogens is 320 g/mol. The predicted octanol–water partition coefficient (Wildman–Crippen LogP) is 1.29. The highest BCUT2D eigenvalue weighted by atomic mass is 16.5. The van der Waals surface area contributed by atoms with Crippen molar-refractivity contribution in [3.05, 3.63) is 35.9 Å². The van der Waals surface area contributed by atoms with Crippen molar-refractivity contribution < 1.29 is 19.1 Å². The predicted molar refractivity (Wildman–Crippen MR) is 91.6 cm³/mol. The molecule has 2 aliphatic rings. The molecule has 0 aromatic heterocycles. The van der Waals surface area contributed by atoms with Crippen molar-refractivity contribution in [1.82, 2.24) is 10.2 Å². The molecule has 134 valence electrons. The molecule has 0 radical (unpaired) electrons. The molecule has 6 heteroatoms. The van der Waals surface area contributed by atoms with Gasteiger partial charge in [-0.2, -0.15) is 0 Å². The van der Waals surface area contributed by atoms with Crippen molar-refractivity contribution in [2.24, 2.45) is 5.92 Å². The minimum absolute atomic E-state index is 0.0343. The number of rotatable bonds is 7. The minimum Gasteiger partial charge on any atom is -0.452 e. The summed E-state index contributed by atoms with van der Waals surface area (Å²) in [7, 11) is 0. The summed E-state index contributed by atoms with van der Waals surface area (Å²) in [5.74, 6) is -1.25. The molecule has 1 saturated heterocycles. The van der Waals surface area contributed by atoms with Gasteiger partial charge in [0.2, 0.25) is 5.91 Å². The average molecular weight is 344 g/mol. The van der Waals surface area contributed by atoms with Gasteiger partial charge in [0.25, 0.3) is 5.91 Å². The van der Waals surface area contributed by atoms with Gasteiger partial charge in [0.15, 0.2) is 6.10 Å². The monoisotopic (exact) mass is 344 g/mol. The normalized spacial score (nSPS) is 21.1. The van der Waals surface area contributed by atoms with Crippen LogP contribution in [-0.4, -0.2) is 47.9 Å². The van der Waals surface area contributed by atoms with Gasteiger partial charge >= 0.3 is 5.97 Å². The Kier molecular flexibility index (Phi) is 5.36. The van der Waals surface area contributed by atoms with Gasteiger partial charge in [-0.05, 0) is 31.7 Å². The molecule has 0 unspecified atom stereocenters. The molecule has 0 spiro atoms. The van der Waals surface area contributed by atoms with E-state index in [4.69, 9.17) is 4.74 Å². The van der Waals surface area contributed by atoms with Gasteiger partial charge in [-0.1, -0.05) is 30.3 Å². The number of carbonyl (C=O) groups is 3. The minimum atomic E-state index is -0.818. The summed E-state index contributed by atoms with van der Waals surface area (Å²) < 4.78 is 5.25. The summed E-state index contributed by atoms with van der Waals surface area (Å²) in [6.07, 6.45) is 2.07. The quantitative estimate of drug-likeness (QED) is 0.756. The van der Waals surface area contributed by atoms with Gasteiger partial charge in [0, 0.05) is 25.6 Å². The fraction of sp³-hybridized carbons (Fsp3) is 0.526. The van der Waals surface area contributed by atoms with Crippen LogP contribution in [0.25, 0.3) is 0 Å². The Balaban J connectivity index is 1.45. The van der Waals surface area contributed by atoms with E-state index in [0.717, 1.165) is 24.8 Å². The first-order valence-electron chi connectivity index (χ1n) is 8.85. The first kappa shape index (κ1) is 17.5. The molecule has 3 rings (SSSR count). The molecule has 6 nitrogen and oxygen atoms in total. The van der Waals surface area contributed by atoms with Crippen molar-refractivity contribution in [3.63, 3.8) is 0 Å². The number of carbonyl (C=O) groups excluding carboxylic acids is 3. The summed E-state index contributed by atoms with van der Waals surface area (Å²) >= 11 is 0. The van der Waals surface area contributed by atoms with Crippen molar-refractivity contribution in [2.45, 2.75) is 44.8 Å². The highest BCUT2D eigenvalue weighted by molar-refractivity contribution is 5.89. The van der Waals surface area contributed by atoms with E-state index in [1.54, 1.807) is 11.8 Å². The van der Waals surface area contributed by atoms with Gasteiger partial charge in [-0.15, -0.1) is 0 Å². The second-order valence-electron chi connectivity index (χ2n) is 6.84. The number of hydrogen-bond donors (Lipinski definition) is 1. The van der Waals surface area contributed by atoms with Gasteiger partial charge < -0.3 is 15.0 Å². The van der Waals surface area contributed by atoms with Gasteiger partial charge in [-0.3, -0.25) is 14.4 Å². The number of benzene rings is 1. The van der Waals surface area contributed by atoms with Crippen LogP contribution in [0.15, 0.2) is 30.3 Å². The molecule has 1 aliphatic heterocycles. The van der Waals surface area contributed by atoms with Crippen molar-refractivity contribution in [3.8, 4) is 0 Å². The largest absolute Gasteiger partial charge is 0.452 e. The van der Waals surface area contributed by atoms with E-state index in [9.17, 15) is 14.4 Å². The molecule has 2 amide bonds. The Morgan fingerprint density at radius 2 is 2.00 bits per heavy atom. The number of esters is 1. The Morgan fingerprint density at radius 3 is 2.68 bits per heavy atom. The number of amides is 2. The lowest BCUT2D eigenvalue weighted by atomic mass is 10.1. The third-order valence-corrected chi connectivity index (χ3v) is 4.65. The highest BCUT2D eigenvalue weighted by Gasteiger charge is 2.36. The Labute approximate surface area is 147 Å². The van der Waals surface area contributed by atoms with E-state index in [1.165, 1.54) is 0 Å². The number of hydrogen-bond acceptors (Lipinski definition) is 4. The van der Waals surface area contributed by atoms with E-state index in [0.29, 0.717) is 13.1 Å². The lowest BCUT2D eigenvalue weighted by Gasteiger charge is -2.18. The average Bonchev–Trinajstić information content (AvgIpc) is 3.34. The molecular formula is C19H24N2O4. The fourth-order valence-electron chi connectivity index (χ4n) is 2.93. The summed E-state index contributed by atoms with van der Waals surface area (Å²) in [4.78, 5) is 37.9. The van der Waals surface area contributed by atoms with Crippen LogP contribution in [0, 0.1) is 5.92 Å². The first-order chi connectivity index (χ1) is 12.0. The van der Waals surface area contributed by atoms with Crippen LogP contribution in [0.4, 0.5) is 0 Å². The lowest BCUT2D eigenvalue weighted by molar-refractivity contribution is -0.158. The SMILES string of the molecule is C[C@H](OC(=O)[C@H]1CC(=O)N(CCc2ccccc2)C1)C(=O)NC1CC1. The first-order valence-corrected chi connectivity index (χ1v) is 8.85.